The van der Waals surface area contributed by atoms with Gasteiger partial charge in [-0.05, 0) is 25.7 Å². The lowest BCUT2D eigenvalue weighted by molar-refractivity contribution is 0.233. The lowest BCUT2D eigenvalue weighted by Crippen LogP contribution is -2.10. The molecule has 0 atom stereocenters. The van der Waals surface area contributed by atoms with Gasteiger partial charge in [-0.2, -0.15) is 0 Å². The predicted molar refractivity (Wildman–Crippen MR) is 63.8 cm³/mol. The topological polar surface area (TPSA) is 35.0 Å². The average Bonchev–Trinajstić information content (AvgIpc) is 2.79. The van der Waals surface area contributed by atoms with Crippen molar-refractivity contribution in [2.45, 2.75) is 38.5 Å². The van der Waals surface area contributed by atoms with Gasteiger partial charge in [-0.3, -0.25) is 0 Å². The number of halogens is 1. The largest absolute Gasteiger partial charge is 0.463 e. The van der Waals surface area contributed by atoms with E-state index in [1.807, 2.05) is 6.92 Å². The minimum atomic E-state index is 0.453. The highest BCUT2D eigenvalue weighted by Gasteiger charge is 2.16. The van der Waals surface area contributed by atoms with Crippen molar-refractivity contribution in [1.29, 1.82) is 0 Å². The van der Waals surface area contributed by atoms with E-state index in [4.69, 9.17) is 16.3 Å². The standard InChI is InChI=1S/C12H17ClN2O/c1-9-11(6-13)7-14-12(15-9)16-8-10-4-2-3-5-10/h7,10H,2-6,8H2,1H3. The third-order valence-corrected chi connectivity index (χ3v) is 3.41. The quantitative estimate of drug-likeness (QED) is 0.759. The second kappa shape index (κ2) is 5.48. The number of nitrogens with zero attached hydrogens (tertiary/aromatic N) is 2. The van der Waals surface area contributed by atoms with Crippen molar-refractivity contribution in [2.24, 2.45) is 5.92 Å². The number of ether oxygens (including phenoxy) is 1. The van der Waals surface area contributed by atoms with Crippen LogP contribution in [0.1, 0.15) is 36.9 Å². The molecule has 0 amide bonds. The molecule has 4 heteroatoms. The maximum atomic E-state index is 5.74. The monoisotopic (exact) mass is 240 g/mol. The number of hydrogen-bond acceptors (Lipinski definition) is 3. The molecule has 2 rings (SSSR count). The molecule has 1 aliphatic carbocycles. The highest BCUT2D eigenvalue weighted by molar-refractivity contribution is 6.17. The van der Waals surface area contributed by atoms with Gasteiger partial charge >= 0.3 is 6.01 Å². The second-order valence-electron chi connectivity index (χ2n) is 4.36. The van der Waals surface area contributed by atoms with Gasteiger partial charge in [-0.15, -0.1) is 11.6 Å². The first kappa shape index (κ1) is 11.6. The Balaban J connectivity index is 1.91. The molecule has 1 heterocycles. The Labute approximate surface area is 101 Å². The summed E-state index contributed by atoms with van der Waals surface area (Å²) in [6, 6.07) is 0.485. The Bertz CT molecular complexity index is 351. The van der Waals surface area contributed by atoms with Crippen molar-refractivity contribution in [1.82, 2.24) is 9.97 Å². The van der Waals surface area contributed by atoms with Gasteiger partial charge in [0, 0.05) is 17.5 Å². The zero-order chi connectivity index (χ0) is 11.4. The first-order chi connectivity index (χ1) is 7.79. The molecule has 1 aliphatic rings. The van der Waals surface area contributed by atoms with Gasteiger partial charge in [-0.1, -0.05) is 12.8 Å². The van der Waals surface area contributed by atoms with Crippen LogP contribution in [0.15, 0.2) is 6.20 Å². The number of aryl methyl sites for hydroxylation is 1. The van der Waals surface area contributed by atoms with Crippen molar-refractivity contribution in [3.8, 4) is 6.01 Å². The lowest BCUT2D eigenvalue weighted by atomic mass is 10.1. The Morgan fingerprint density at radius 3 is 2.81 bits per heavy atom. The van der Waals surface area contributed by atoms with Gasteiger partial charge in [0.15, 0.2) is 0 Å². The van der Waals surface area contributed by atoms with Crippen molar-refractivity contribution >= 4 is 11.6 Å². The molecular weight excluding hydrogens is 224 g/mol. The minimum absolute atomic E-state index is 0.453. The summed E-state index contributed by atoms with van der Waals surface area (Å²) in [5.74, 6) is 1.14. The summed E-state index contributed by atoms with van der Waals surface area (Å²) in [6.07, 6.45) is 6.97. The van der Waals surface area contributed by atoms with Crippen molar-refractivity contribution in [3.63, 3.8) is 0 Å². The van der Waals surface area contributed by atoms with Crippen LogP contribution in [-0.2, 0) is 5.88 Å². The summed E-state index contributed by atoms with van der Waals surface area (Å²) in [5.41, 5.74) is 1.88. The van der Waals surface area contributed by atoms with Crippen LogP contribution in [-0.4, -0.2) is 16.6 Å². The normalized spacial score (nSPS) is 16.6. The lowest BCUT2D eigenvalue weighted by Gasteiger charge is -2.10. The van der Waals surface area contributed by atoms with E-state index in [0.29, 0.717) is 17.8 Å². The Hall–Kier alpha value is -0.830. The van der Waals surface area contributed by atoms with Crippen LogP contribution in [0, 0.1) is 12.8 Å². The number of alkyl halides is 1. The van der Waals surface area contributed by atoms with E-state index in [1.54, 1.807) is 6.20 Å². The molecule has 1 aromatic rings. The van der Waals surface area contributed by atoms with E-state index in [-0.39, 0.29) is 0 Å². The van der Waals surface area contributed by atoms with Crippen LogP contribution >= 0.6 is 11.6 Å². The summed E-state index contributed by atoms with van der Waals surface area (Å²) in [6.45, 7) is 2.68. The summed E-state index contributed by atoms with van der Waals surface area (Å²) in [5, 5.41) is 0. The second-order valence-corrected chi connectivity index (χ2v) is 4.63. The van der Waals surface area contributed by atoms with E-state index < -0.39 is 0 Å². The van der Waals surface area contributed by atoms with Gasteiger partial charge in [0.25, 0.3) is 0 Å². The number of aromatic nitrogens is 2. The fraction of sp³-hybridized carbons (Fsp3) is 0.667. The number of rotatable bonds is 4. The van der Waals surface area contributed by atoms with Gasteiger partial charge in [-0.25, -0.2) is 9.97 Å². The molecule has 0 aliphatic heterocycles. The van der Waals surface area contributed by atoms with Crippen LogP contribution in [0.3, 0.4) is 0 Å². The molecule has 0 aromatic carbocycles. The molecule has 16 heavy (non-hydrogen) atoms. The number of hydrogen-bond donors (Lipinski definition) is 0. The molecule has 0 saturated heterocycles. The molecule has 0 bridgehead atoms. The van der Waals surface area contributed by atoms with Crippen molar-refractivity contribution < 1.29 is 4.74 Å². The molecule has 1 saturated carbocycles. The smallest absolute Gasteiger partial charge is 0.316 e. The van der Waals surface area contributed by atoms with Gasteiger partial charge < -0.3 is 4.74 Å². The fourth-order valence-electron chi connectivity index (χ4n) is 2.04. The van der Waals surface area contributed by atoms with Crippen molar-refractivity contribution in [2.75, 3.05) is 6.61 Å². The fourth-order valence-corrected chi connectivity index (χ4v) is 2.30. The van der Waals surface area contributed by atoms with E-state index >= 15 is 0 Å². The first-order valence-electron chi connectivity index (χ1n) is 5.81. The molecule has 1 aromatic heterocycles. The molecule has 88 valence electrons. The first-order valence-corrected chi connectivity index (χ1v) is 6.34. The van der Waals surface area contributed by atoms with E-state index in [9.17, 15) is 0 Å². The molecule has 1 fully saturated rings. The molecule has 0 unspecified atom stereocenters. The maximum Gasteiger partial charge on any atom is 0.316 e. The third-order valence-electron chi connectivity index (χ3n) is 3.13. The van der Waals surface area contributed by atoms with Crippen molar-refractivity contribution in [3.05, 3.63) is 17.5 Å². The molecule has 0 spiro atoms. The van der Waals surface area contributed by atoms with Gasteiger partial charge in [0.05, 0.1) is 12.5 Å². The predicted octanol–water partition coefficient (Wildman–Crippen LogP) is 3.09. The molecule has 0 radical (unpaired) electrons. The maximum absolute atomic E-state index is 5.74. The molecule has 0 N–H and O–H groups in total. The van der Waals surface area contributed by atoms with E-state index in [2.05, 4.69) is 9.97 Å². The SMILES string of the molecule is Cc1nc(OCC2CCCC2)ncc1CCl. The summed E-state index contributed by atoms with van der Waals surface area (Å²) in [4.78, 5) is 8.44. The summed E-state index contributed by atoms with van der Waals surface area (Å²) in [7, 11) is 0. The highest BCUT2D eigenvalue weighted by Crippen LogP contribution is 2.25. The third kappa shape index (κ3) is 2.85. The van der Waals surface area contributed by atoms with Crippen LogP contribution in [0.4, 0.5) is 0 Å². The molecular formula is C12H17ClN2O. The average molecular weight is 241 g/mol. The Kier molecular flexibility index (Phi) is 3.99. The van der Waals surface area contributed by atoms with E-state index in [0.717, 1.165) is 17.9 Å². The highest BCUT2D eigenvalue weighted by atomic mass is 35.5. The van der Waals surface area contributed by atoms with Crippen LogP contribution in [0.2, 0.25) is 0 Å². The minimum Gasteiger partial charge on any atom is -0.463 e. The van der Waals surface area contributed by atoms with Crippen LogP contribution < -0.4 is 4.74 Å². The van der Waals surface area contributed by atoms with Crippen LogP contribution in [0.25, 0.3) is 0 Å². The van der Waals surface area contributed by atoms with Crippen LogP contribution in [0.5, 0.6) is 6.01 Å². The van der Waals surface area contributed by atoms with Gasteiger partial charge in [0.1, 0.15) is 0 Å². The summed E-state index contributed by atoms with van der Waals surface area (Å²) >= 11 is 5.74. The van der Waals surface area contributed by atoms with E-state index in [1.165, 1.54) is 25.7 Å². The van der Waals surface area contributed by atoms with Gasteiger partial charge in [0.2, 0.25) is 0 Å². The summed E-state index contributed by atoms with van der Waals surface area (Å²) < 4.78 is 5.60. The molecule has 3 nitrogen and oxygen atoms in total. The zero-order valence-electron chi connectivity index (χ0n) is 9.58. The zero-order valence-corrected chi connectivity index (χ0v) is 10.3. The Morgan fingerprint density at radius 2 is 2.19 bits per heavy atom. The Morgan fingerprint density at radius 1 is 1.44 bits per heavy atom.